The Bertz CT molecular complexity index is 1250. The first-order chi connectivity index (χ1) is 16.6. The largest absolute Gasteiger partial charge is 0.467 e. The van der Waals surface area contributed by atoms with Gasteiger partial charge in [-0.25, -0.2) is 4.98 Å². The van der Waals surface area contributed by atoms with Crippen molar-refractivity contribution in [2.45, 2.75) is 33.1 Å². The highest BCUT2D eigenvalue weighted by Gasteiger charge is 2.18. The number of carbonyl (C=O) groups excluding carboxylic acids is 1. The summed E-state index contributed by atoms with van der Waals surface area (Å²) in [6.45, 7) is 4.38. The third-order valence-corrected chi connectivity index (χ3v) is 5.52. The van der Waals surface area contributed by atoms with E-state index in [1.54, 1.807) is 18.4 Å². The molecule has 0 fully saturated rings. The molecule has 5 rings (SSSR count). The average molecular weight is 460 g/mol. The first kappa shape index (κ1) is 21.8. The molecule has 0 spiro atoms. The number of benzene rings is 2. The van der Waals surface area contributed by atoms with Gasteiger partial charge in [-0.2, -0.15) is 0 Å². The van der Waals surface area contributed by atoms with Crippen LogP contribution < -0.4 is 14.8 Å². The van der Waals surface area contributed by atoms with Crippen LogP contribution in [-0.4, -0.2) is 22.6 Å². The van der Waals surface area contributed by atoms with E-state index in [1.807, 2.05) is 18.2 Å². The number of oxazole rings is 1. The van der Waals surface area contributed by atoms with Gasteiger partial charge in [-0.1, -0.05) is 35.9 Å². The van der Waals surface area contributed by atoms with Crippen LogP contribution >= 0.6 is 0 Å². The van der Waals surface area contributed by atoms with Crippen LogP contribution in [0, 0.1) is 6.92 Å². The lowest BCUT2D eigenvalue weighted by Crippen LogP contribution is -2.24. The van der Waals surface area contributed by atoms with Crippen LogP contribution in [0.4, 0.5) is 0 Å². The first-order valence-electron chi connectivity index (χ1n) is 11.0. The maximum absolute atomic E-state index is 12.4. The van der Waals surface area contributed by atoms with Gasteiger partial charge in [-0.05, 0) is 42.3 Å². The number of aryl methyl sites for hydroxylation is 1. The molecule has 0 unspecified atom stereocenters. The number of hydrogen-bond donors (Lipinski definition) is 1. The van der Waals surface area contributed by atoms with Crippen molar-refractivity contribution in [1.82, 2.24) is 15.2 Å². The minimum Gasteiger partial charge on any atom is -0.467 e. The van der Waals surface area contributed by atoms with Crippen LogP contribution in [0.15, 0.2) is 76.0 Å². The summed E-state index contributed by atoms with van der Waals surface area (Å²) in [5, 5.41) is 2.78. The van der Waals surface area contributed by atoms with E-state index in [-0.39, 0.29) is 24.9 Å². The van der Waals surface area contributed by atoms with Gasteiger partial charge < -0.3 is 23.6 Å². The molecule has 0 aliphatic carbocycles. The molecule has 1 aliphatic heterocycles. The van der Waals surface area contributed by atoms with E-state index in [9.17, 15) is 4.79 Å². The van der Waals surface area contributed by atoms with Crippen LogP contribution in [0.25, 0.3) is 0 Å². The lowest BCUT2D eigenvalue weighted by atomic mass is 10.1. The first-order valence-corrected chi connectivity index (χ1v) is 11.0. The second kappa shape index (κ2) is 9.84. The van der Waals surface area contributed by atoms with Crippen LogP contribution in [0.5, 0.6) is 11.5 Å². The zero-order valence-corrected chi connectivity index (χ0v) is 18.8. The Morgan fingerprint density at radius 1 is 0.971 bits per heavy atom. The molecule has 2 aromatic heterocycles. The number of ether oxygens (including phenoxy) is 2. The number of carbonyl (C=O) groups is 1. The summed E-state index contributed by atoms with van der Waals surface area (Å²) in [4.78, 5) is 19.1. The van der Waals surface area contributed by atoms with Crippen LogP contribution in [-0.2, 0) is 26.2 Å². The standard InChI is InChI=1S/C26H25N3O5/c1-18-4-6-19(7-5-18)13-29(14-20-8-9-23-24(11-20)34-17-33-23)15-25-28-22(16-32-25)26(30)27-12-21-3-2-10-31-21/h2-11,16H,12-15,17H2,1H3,(H,27,30). The molecule has 4 aromatic rings. The summed E-state index contributed by atoms with van der Waals surface area (Å²) < 4.78 is 21.8. The Labute approximate surface area is 197 Å². The molecule has 1 aliphatic rings. The van der Waals surface area contributed by atoms with Gasteiger partial charge in [-0.15, -0.1) is 0 Å². The van der Waals surface area contributed by atoms with Gasteiger partial charge in [0, 0.05) is 13.1 Å². The van der Waals surface area contributed by atoms with Crippen molar-refractivity contribution in [2.75, 3.05) is 6.79 Å². The van der Waals surface area contributed by atoms with Crippen molar-refractivity contribution in [2.24, 2.45) is 0 Å². The van der Waals surface area contributed by atoms with Crippen molar-refractivity contribution in [3.05, 3.63) is 101 Å². The van der Waals surface area contributed by atoms with Crippen LogP contribution in [0.1, 0.15) is 38.8 Å². The highest BCUT2D eigenvalue weighted by Crippen LogP contribution is 2.33. The van der Waals surface area contributed by atoms with Crippen molar-refractivity contribution >= 4 is 5.91 Å². The van der Waals surface area contributed by atoms with E-state index in [2.05, 4.69) is 46.4 Å². The Kier molecular flexibility index (Phi) is 6.31. The van der Waals surface area contributed by atoms with E-state index >= 15 is 0 Å². The fraction of sp³-hybridized carbons (Fsp3) is 0.231. The van der Waals surface area contributed by atoms with Crippen molar-refractivity contribution in [3.8, 4) is 11.5 Å². The third-order valence-electron chi connectivity index (χ3n) is 5.52. The normalized spacial score (nSPS) is 12.3. The highest BCUT2D eigenvalue weighted by atomic mass is 16.7. The third kappa shape index (κ3) is 5.29. The van der Waals surface area contributed by atoms with Crippen molar-refractivity contribution in [1.29, 1.82) is 0 Å². The minimum atomic E-state index is -0.313. The molecule has 8 heteroatoms. The van der Waals surface area contributed by atoms with Gasteiger partial charge in [-0.3, -0.25) is 9.69 Å². The van der Waals surface area contributed by atoms with Crippen molar-refractivity contribution < 1.29 is 23.1 Å². The summed E-state index contributed by atoms with van der Waals surface area (Å²) in [6.07, 6.45) is 2.95. The van der Waals surface area contributed by atoms with E-state index in [4.69, 9.17) is 18.3 Å². The van der Waals surface area contributed by atoms with E-state index in [1.165, 1.54) is 17.4 Å². The Morgan fingerprint density at radius 3 is 2.59 bits per heavy atom. The molecule has 8 nitrogen and oxygen atoms in total. The number of rotatable bonds is 9. The molecule has 34 heavy (non-hydrogen) atoms. The van der Waals surface area contributed by atoms with Crippen LogP contribution in [0.2, 0.25) is 0 Å². The van der Waals surface area contributed by atoms with Gasteiger partial charge in [0.2, 0.25) is 12.7 Å². The number of fused-ring (bicyclic) bond motifs is 1. The summed E-state index contributed by atoms with van der Waals surface area (Å²) in [5.41, 5.74) is 3.71. The summed E-state index contributed by atoms with van der Waals surface area (Å²) in [5.74, 6) is 2.33. The summed E-state index contributed by atoms with van der Waals surface area (Å²) in [7, 11) is 0. The second-order valence-electron chi connectivity index (χ2n) is 8.21. The monoisotopic (exact) mass is 459 g/mol. The number of hydrogen-bond acceptors (Lipinski definition) is 7. The number of nitrogens with zero attached hydrogens (tertiary/aromatic N) is 2. The quantitative estimate of drug-likeness (QED) is 0.396. The molecule has 1 amide bonds. The zero-order chi connectivity index (χ0) is 23.3. The molecule has 0 radical (unpaired) electrons. The maximum atomic E-state index is 12.4. The molecule has 3 heterocycles. The predicted octanol–water partition coefficient (Wildman–Crippen LogP) is 4.44. The fourth-order valence-electron chi connectivity index (χ4n) is 3.77. The smallest absolute Gasteiger partial charge is 0.273 e. The molecule has 0 atom stereocenters. The molecular weight excluding hydrogens is 434 g/mol. The molecule has 0 bridgehead atoms. The summed E-state index contributed by atoms with van der Waals surface area (Å²) >= 11 is 0. The Morgan fingerprint density at radius 2 is 1.76 bits per heavy atom. The SMILES string of the molecule is Cc1ccc(CN(Cc2ccc3c(c2)OCO3)Cc2nc(C(=O)NCc3ccco3)co2)cc1. The lowest BCUT2D eigenvalue weighted by Gasteiger charge is -2.21. The maximum Gasteiger partial charge on any atom is 0.273 e. The number of nitrogens with one attached hydrogen (secondary N) is 1. The van der Waals surface area contributed by atoms with Crippen molar-refractivity contribution in [3.63, 3.8) is 0 Å². The number of aromatic nitrogens is 1. The summed E-state index contributed by atoms with van der Waals surface area (Å²) in [6, 6.07) is 17.9. The zero-order valence-electron chi connectivity index (χ0n) is 18.8. The van der Waals surface area contributed by atoms with E-state index in [0.29, 0.717) is 31.3 Å². The second-order valence-corrected chi connectivity index (χ2v) is 8.21. The molecule has 0 saturated carbocycles. The van der Waals surface area contributed by atoms with Crippen LogP contribution in [0.3, 0.4) is 0 Å². The van der Waals surface area contributed by atoms with Gasteiger partial charge in [0.1, 0.15) is 12.0 Å². The highest BCUT2D eigenvalue weighted by molar-refractivity contribution is 5.91. The predicted molar refractivity (Wildman–Crippen MR) is 123 cm³/mol. The lowest BCUT2D eigenvalue weighted by molar-refractivity contribution is 0.0943. The van der Waals surface area contributed by atoms with E-state index < -0.39 is 0 Å². The Hall–Kier alpha value is -4.04. The topological polar surface area (TPSA) is 90.0 Å². The number of amides is 1. The Balaban J connectivity index is 1.29. The fourth-order valence-corrected chi connectivity index (χ4v) is 3.77. The van der Waals surface area contributed by atoms with Gasteiger partial charge in [0.05, 0.1) is 19.4 Å². The molecule has 1 N–H and O–H groups in total. The molecule has 174 valence electrons. The van der Waals surface area contributed by atoms with Gasteiger partial charge >= 0.3 is 0 Å². The average Bonchev–Trinajstić information content (AvgIpc) is 3.61. The minimum absolute atomic E-state index is 0.236. The molecule has 0 saturated heterocycles. The van der Waals surface area contributed by atoms with Gasteiger partial charge in [0.15, 0.2) is 17.2 Å². The van der Waals surface area contributed by atoms with Gasteiger partial charge in [0.25, 0.3) is 5.91 Å². The van der Waals surface area contributed by atoms with E-state index in [0.717, 1.165) is 17.1 Å². The number of furan rings is 1. The molecule has 2 aromatic carbocycles. The molecular formula is C26H25N3O5.